The molecule has 3 aromatic carbocycles. The minimum atomic E-state index is 0.0556. The summed E-state index contributed by atoms with van der Waals surface area (Å²) in [7, 11) is 0. The van der Waals surface area contributed by atoms with Crippen LogP contribution in [-0.2, 0) is 19.4 Å². The lowest BCUT2D eigenvalue weighted by atomic mass is 9.93. The summed E-state index contributed by atoms with van der Waals surface area (Å²) in [6.45, 7) is 2.72. The van der Waals surface area contributed by atoms with Crippen LogP contribution in [0, 0.1) is 0 Å². The number of hydrogen-bond acceptors (Lipinski definition) is 7. The van der Waals surface area contributed by atoms with Crippen LogP contribution >= 0.6 is 0 Å². The van der Waals surface area contributed by atoms with E-state index in [-0.39, 0.29) is 5.78 Å². The lowest BCUT2D eigenvalue weighted by Gasteiger charge is -2.14. The molecule has 0 aliphatic heterocycles. The SMILES string of the molecule is CCCCc1ncc(C(=O)CCc2cccnn2)n1Cc1ccc(-c2cc(-c3ccccc3)ccc2-c2nn[nH]n2)cc1. The summed E-state index contributed by atoms with van der Waals surface area (Å²) in [6.07, 6.45) is 7.16. The smallest absolute Gasteiger partial charge is 0.205 e. The van der Waals surface area contributed by atoms with Crippen molar-refractivity contribution in [2.45, 2.75) is 45.6 Å². The summed E-state index contributed by atoms with van der Waals surface area (Å²) < 4.78 is 2.07. The molecule has 0 saturated carbocycles. The van der Waals surface area contributed by atoms with Crippen LogP contribution in [0.25, 0.3) is 33.6 Å². The Hall–Kier alpha value is -5.31. The van der Waals surface area contributed by atoms with Gasteiger partial charge in [0.25, 0.3) is 0 Å². The molecule has 0 atom stereocenters. The highest BCUT2D eigenvalue weighted by Crippen LogP contribution is 2.34. The molecule has 0 saturated heterocycles. The van der Waals surface area contributed by atoms with Gasteiger partial charge in [0.2, 0.25) is 5.82 Å². The monoisotopic (exact) mass is 568 g/mol. The summed E-state index contributed by atoms with van der Waals surface area (Å²) >= 11 is 0. The number of rotatable bonds is 12. The third-order valence-electron chi connectivity index (χ3n) is 7.53. The molecule has 0 aliphatic carbocycles. The summed E-state index contributed by atoms with van der Waals surface area (Å²) in [6, 6.07) is 28.8. The van der Waals surface area contributed by atoms with Crippen molar-refractivity contribution in [3.05, 3.63) is 120 Å². The Morgan fingerprint density at radius 1 is 0.837 bits per heavy atom. The van der Waals surface area contributed by atoms with Crippen molar-refractivity contribution in [3.63, 3.8) is 0 Å². The first-order valence-electron chi connectivity index (χ1n) is 14.6. The predicted octanol–water partition coefficient (Wildman–Crippen LogP) is 6.39. The van der Waals surface area contributed by atoms with E-state index >= 15 is 0 Å². The van der Waals surface area contributed by atoms with Crippen molar-refractivity contribution >= 4 is 5.78 Å². The number of benzene rings is 3. The Morgan fingerprint density at radius 2 is 1.67 bits per heavy atom. The van der Waals surface area contributed by atoms with Crippen molar-refractivity contribution in [1.29, 1.82) is 0 Å². The van der Waals surface area contributed by atoms with Gasteiger partial charge in [-0.1, -0.05) is 74.0 Å². The Morgan fingerprint density at radius 3 is 2.42 bits per heavy atom. The second-order valence-corrected chi connectivity index (χ2v) is 10.4. The van der Waals surface area contributed by atoms with E-state index in [1.807, 2.05) is 36.4 Å². The maximum Gasteiger partial charge on any atom is 0.205 e. The van der Waals surface area contributed by atoms with E-state index < -0.39 is 0 Å². The van der Waals surface area contributed by atoms with E-state index in [1.54, 1.807) is 12.4 Å². The average molecular weight is 569 g/mol. The number of nitrogens with one attached hydrogen (secondary N) is 1. The zero-order valence-corrected chi connectivity index (χ0v) is 24.0. The molecule has 9 nitrogen and oxygen atoms in total. The maximum atomic E-state index is 13.3. The standard InChI is InChI=1S/C34H32N8O/c1-2-3-11-33-35-22-31(32(43)19-17-28-10-7-20-36-37-28)42(33)23-24-12-14-26(15-13-24)30-21-27(25-8-5-4-6-9-25)16-18-29(30)34-38-40-41-39-34/h4-10,12-16,18,20-22H,2-3,11,17,19,23H2,1H3,(H,38,39,40,41). The predicted molar refractivity (Wildman–Crippen MR) is 165 cm³/mol. The van der Waals surface area contributed by atoms with Crippen LogP contribution in [0.5, 0.6) is 0 Å². The lowest BCUT2D eigenvalue weighted by Crippen LogP contribution is -2.14. The number of carbonyl (C=O) groups excluding carboxylic acids is 1. The quantitative estimate of drug-likeness (QED) is 0.170. The maximum absolute atomic E-state index is 13.3. The fourth-order valence-corrected chi connectivity index (χ4v) is 5.22. The Balaban J connectivity index is 1.28. The van der Waals surface area contributed by atoms with Gasteiger partial charge in [-0.3, -0.25) is 4.79 Å². The lowest BCUT2D eigenvalue weighted by molar-refractivity contribution is 0.0973. The van der Waals surface area contributed by atoms with Gasteiger partial charge in [-0.25, -0.2) is 4.98 Å². The van der Waals surface area contributed by atoms with Gasteiger partial charge in [0, 0.05) is 31.1 Å². The zero-order chi connectivity index (χ0) is 29.4. The number of aromatic amines is 1. The number of nitrogens with zero attached hydrogens (tertiary/aromatic N) is 7. The molecule has 0 unspecified atom stereocenters. The molecule has 43 heavy (non-hydrogen) atoms. The van der Waals surface area contributed by atoms with E-state index in [4.69, 9.17) is 0 Å². The molecule has 0 aliphatic rings. The number of ketones is 1. The van der Waals surface area contributed by atoms with Gasteiger partial charge in [0.1, 0.15) is 11.5 Å². The topological polar surface area (TPSA) is 115 Å². The van der Waals surface area contributed by atoms with Crippen molar-refractivity contribution in [3.8, 4) is 33.6 Å². The fraction of sp³-hybridized carbons (Fsp3) is 0.206. The van der Waals surface area contributed by atoms with Gasteiger partial charge in [-0.2, -0.15) is 15.4 Å². The van der Waals surface area contributed by atoms with Gasteiger partial charge in [0.15, 0.2) is 5.78 Å². The zero-order valence-electron chi connectivity index (χ0n) is 24.0. The molecule has 9 heteroatoms. The van der Waals surface area contributed by atoms with Crippen molar-refractivity contribution in [2.24, 2.45) is 0 Å². The van der Waals surface area contributed by atoms with Gasteiger partial charge in [0.05, 0.1) is 11.9 Å². The minimum Gasteiger partial charge on any atom is -0.321 e. The van der Waals surface area contributed by atoms with Crippen LogP contribution in [-0.4, -0.2) is 46.2 Å². The number of aryl methyl sites for hydroxylation is 2. The number of Topliss-reactive ketones (excluding diaryl/α,β-unsaturated/α-hetero) is 1. The summed E-state index contributed by atoms with van der Waals surface area (Å²) in [5.74, 6) is 1.53. The van der Waals surface area contributed by atoms with Crippen LogP contribution < -0.4 is 0 Å². The second kappa shape index (κ2) is 13.1. The molecule has 1 N–H and O–H groups in total. The molecule has 6 aromatic rings. The van der Waals surface area contributed by atoms with Gasteiger partial charge in [-0.15, -0.1) is 10.2 Å². The Bertz CT molecular complexity index is 1780. The van der Waals surface area contributed by atoms with E-state index in [9.17, 15) is 4.79 Å². The van der Waals surface area contributed by atoms with Crippen LogP contribution in [0.2, 0.25) is 0 Å². The van der Waals surface area contributed by atoms with Crippen molar-refractivity contribution in [1.82, 2.24) is 40.4 Å². The molecule has 0 amide bonds. The first-order chi connectivity index (χ1) is 21.2. The minimum absolute atomic E-state index is 0.0556. The van der Waals surface area contributed by atoms with E-state index in [1.165, 1.54) is 0 Å². The van der Waals surface area contributed by atoms with Crippen molar-refractivity contribution in [2.75, 3.05) is 0 Å². The molecule has 6 rings (SSSR count). The third-order valence-corrected chi connectivity index (χ3v) is 7.53. The summed E-state index contributed by atoms with van der Waals surface area (Å²) in [5, 5.41) is 22.9. The number of tetrazole rings is 1. The number of H-pyrrole nitrogens is 1. The fourth-order valence-electron chi connectivity index (χ4n) is 5.22. The molecular formula is C34H32N8O. The highest BCUT2D eigenvalue weighted by atomic mass is 16.1. The summed E-state index contributed by atoms with van der Waals surface area (Å²) in [5.41, 5.74) is 7.72. The molecule has 214 valence electrons. The number of unbranched alkanes of at least 4 members (excludes halogenated alkanes) is 1. The van der Waals surface area contributed by atoms with Crippen LogP contribution in [0.4, 0.5) is 0 Å². The highest BCUT2D eigenvalue weighted by molar-refractivity contribution is 5.94. The van der Waals surface area contributed by atoms with E-state index in [2.05, 4.69) is 95.8 Å². The van der Waals surface area contributed by atoms with Gasteiger partial charge < -0.3 is 4.57 Å². The van der Waals surface area contributed by atoms with Crippen LogP contribution in [0.1, 0.15) is 53.8 Å². The van der Waals surface area contributed by atoms with Gasteiger partial charge >= 0.3 is 0 Å². The average Bonchev–Trinajstić information content (AvgIpc) is 3.74. The third kappa shape index (κ3) is 6.46. The largest absolute Gasteiger partial charge is 0.321 e. The number of aromatic nitrogens is 8. The van der Waals surface area contributed by atoms with E-state index in [0.29, 0.717) is 30.9 Å². The number of carbonyl (C=O) groups is 1. The van der Waals surface area contributed by atoms with Crippen LogP contribution in [0.15, 0.2) is 97.3 Å². The van der Waals surface area contributed by atoms with E-state index in [0.717, 1.165) is 64.2 Å². The Kier molecular flexibility index (Phi) is 8.49. The van der Waals surface area contributed by atoms with Crippen molar-refractivity contribution < 1.29 is 4.79 Å². The molecular weight excluding hydrogens is 536 g/mol. The first-order valence-corrected chi connectivity index (χ1v) is 14.6. The molecule has 0 spiro atoms. The number of imidazole rings is 1. The van der Waals surface area contributed by atoms with Gasteiger partial charge in [-0.05, 0) is 70.1 Å². The second-order valence-electron chi connectivity index (χ2n) is 10.4. The highest BCUT2D eigenvalue weighted by Gasteiger charge is 2.18. The molecule has 3 aromatic heterocycles. The number of hydrogen-bond donors (Lipinski definition) is 1. The molecule has 0 radical (unpaired) electrons. The molecule has 0 fully saturated rings. The normalized spacial score (nSPS) is 11.1. The first kappa shape index (κ1) is 27.8. The Labute approximate surface area is 250 Å². The molecule has 3 heterocycles. The molecule has 0 bridgehead atoms. The van der Waals surface area contributed by atoms with Crippen LogP contribution in [0.3, 0.4) is 0 Å². The summed E-state index contributed by atoms with van der Waals surface area (Å²) in [4.78, 5) is 18.0.